The third kappa shape index (κ3) is 2.67. The highest BCUT2D eigenvalue weighted by atomic mass is 32.5. The number of carbonyl (C=O) groups excluding carboxylic acids is 2. The van der Waals surface area contributed by atoms with Gasteiger partial charge in [0.05, 0.1) is 19.8 Å². The Morgan fingerprint density at radius 2 is 1.89 bits per heavy atom. The lowest BCUT2D eigenvalue weighted by Gasteiger charge is -2.15. The molecular formula is C13H17O4PS. The lowest BCUT2D eigenvalue weighted by atomic mass is 9.93. The van der Waals surface area contributed by atoms with Gasteiger partial charge in [0.2, 0.25) is 0 Å². The molecule has 0 aromatic carbocycles. The van der Waals surface area contributed by atoms with Crippen LogP contribution < -0.4 is 0 Å². The van der Waals surface area contributed by atoms with Gasteiger partial charge in [-0.2, -0.15) is 0 Å². The summed E-state index contributed by atoms with van der Waals surface area (Å²) >= 11 is 0. The normalized spacial score (nSPS) is 22.7. The van der Waals surface area contributed by atoms with Crippen molar-refractivity contribution in [1.82, 2.24) is 0 Å². The molecule has 1 aromatic rings. The van der Waals surface area contributed by atoms with Crippen LogP contribution >= 0.6 is 18.3 Å². The molecule has 1 aliphatic rings. The smallest absolute Gasteiger partial charge is 0.344 e. The zero-order valence-corrected chi connectivity index (χ0v) is 13.0. The van der Waals surface area contributed by atoms with Crippen molar-refractivity contribution >= 4 is 30.3 Å². The second-order valence-electron chi connectivity index (χ2n) is 4.77. The largest absolute Gasteiger partial charge is 0.465 e. The highest BCUT2D eigenvalue weighted by Gasteiger charge is 2.34. The van der Waals surface area contributed by atoms with Crippen LogP contribution in [0.1, 0.15) is 57.4 Å². The van der Waals surface area contributed by atoms with Gasteiger partial charge in [-0.15, -0.1) is 10.9 Å². The van der Waals surface area contributed by atoms with Crippen LogP contribution in [-0.2, 0) is 9.47 Å². The average molecular weight is 300 g/mol. The van der Waals surface area contributed by atoms with Crippen LogP contribution in [0, 0.1) is 5.92 Å². The van der Waals surface area contributed by atoms with E-state index < -0.39 is 11.9 Å². The van der Waals surface area contributed by atoms with Crippen molar-refractivity contribution in [3.05, 3.63) is 15.7 Å². The highest BCUT2D eigenvalue weighted by Crippen LogP contribution is 2.47. The van der Waals surface area contributed by atoms with E-state index >= 15 is 0 Å². The van der Waals surface area contributed by atoms with Gasteiger partial charge in [0.15, 0.2) is 0 Å². The SMILES string of the molecule is COC(=O)c1psc(C2CCCC2C)c1C(=O)OC. The van der Waals surface area contributed by atoms with Crippen molar-refractivity contribution < 1.29 is 19.1 Å². The Balaban J connectivity index is 2.46. The third-order valence-corrected chi connectivity index (χ3v) is 6.48. The van der Waals surface area contributed by atoms with Crippen LogP contribution in [0.4, 0.5) is 0 Å². The molecule has 1 heterocycles. The average Bonchev–Trinajstić information content (AvgIpc) is 3.02. The first-order valence-electron chi connectivity index (χ1n) is 6.26. The lowest BCUT2D eigenvalue weighted by molar-refractivity contribution is 0.0559. The Hall–Kier alpha value is -0.930. The van der Waals surface area contributed by atoms with E-state index in [1.807, 2.05) is 0 Å². The molecule has 0 bridgehead atoms. The molecule has 19 heavy (non-hydrogen) atoms. The number of hydrogen-bond donors (Lipinski definition) is 0. The summed E-state index contributed by atoms with van der Waals surface area (Å²) in [5, 5.41) is 0.424. The van der Waals surface area contributed by atoms with Crippen molar-refractivity contribution in [3.63, 3.8) is 0 Å². The molecule has 2 rings (SSSR count). The van der Waals surface area contributed by atoms with Crippen LogP contribution in [0.2, 0.25) is 0 Å². The van der Waals surface area contributed by atoms with E-state index in [4.69, 9.17) is 9.47 Å². The second-order valence-corrected chi connectivity index (χ2v) is 7.12. The summed E-state index contributed by atoms with van der Waals surface area (Å²) in [5.74, 6) is 0.0605. The van der Waals surface area contributed by atoms with Gasteiger partial charge < -0.3 is 9.47 Å². The summed E-state index contributed by atoms with van der Waals surface area (Å²) in [5.41, 5.74) is 0.444. The van der Waals surface area contributed by atoms with E-state index in [0.717, 1.165) is 18.7 Å². The van der Waals surface area contributed by atoms with Crippen LogP contribution in [0.15, 0.2) is 0 Å². The molecule has 1 fully saturated rings. The van der Waals surface area contributed by atoms with Crippen LogP contribution in [0.25, 0.3) is 0 Å². The fourth-order valence-corrected chi connectivity index (χ4v) is 5.87. The van der Waals surface area contributed by atoms with Crippen molar-refractivity contribution in [1.29, 1.82) is 0 Å². The maximum Gasteiger partial charge on any atom is 0.344 e. The van der Waals surface area contributed by atoms with Gasteiger partial charge in [-0.3, -0.25) is 0 Å². The molecule has 1 aromatic heterocycles. The van der Waals surface area contributed by atoms with E-state index in [9.17, 15) is 9.59 Å². The predicted molar refractivity (Wildman–Crippen MR) is 75.3 cm³/mol. The van der Waals surface area contributed by atoms with Gasteiger partial charge >= 0.3 is 11.9 Å². The molecule has 1 aliphatic carbocycles. The quantitative estimate of drug-likeness (QED) is 0.797. The summed E-state index contributed by atoms with van der Waals surface area (Å²) in [4.78, 5) is 24.8. The van der Waals surface area contributed by atoms with Gasteiger partial charge in [0, 0.05) is 12.2 Å². The number of hydrogen-bond acceptors (Lipinski definition) is 5. The second kappa shape index (κ2) is 6.02. The third-order valence-electron chi connectivity index (χ3n) is 3.68. The molecule has 104 valence electrons. The summed E-state index contributed by atoms with van der Waals surface area (Å²) in [6.07, 6.45) is 3.43. The molecule has 0 saturated heterocycles. The Kier molecular flexibility index (Phi) is 4.58. The van der Waals surface area contributed by atoms with E-state index in [0.29, 0.717) is 22.7 Å². The molecule has 2 unspecified atom stereocenters. The molecular weight excluding hydrogens is 283 g/mol. The van der Waals surface area contributed by atoms with Crippen molar-refractivity contribution in [2.45, 2.75) is 32.1 Å². The van der Waals surface area contributed by atoms with Gasteiger partial charge in [-0.1, -0.05) is 19.8 Å². The zero-order chi connectivity index (χ0) is 14.0. The lowest BCUT2D eigenvalue weighted by Crippen LogP contribution is -2.13. The number of rotatable bonds is 3. The minimum absolute atomic E-state index is 0.369. The summed E-state index contributed by atoms with van der Waals surface area (Å²) in [7, 11) is 5.02. The molecule has 6 heteroatoms. The predicted octanol–water partition coefficient (Wildman–Crippen LogP) is 3.81. The Labute approximate surface area is 118 Å². The molecule has 2 atom stereocenters. The first kappa shape index (κ1) is 14.5. The Morgan fingerprint density at radius 3 is 2.42 bits per heavy atom. The van der Waals surface area contributed by atoms with Gasteiger partial charge in [0.1, 0.15) is 5.30 Å². The topological polar surface area (TPSA) is 52.6 Å². The van der Waals surface area contributed by atoms with Crippen molar-refractivity contribution in [2.75, 3.05) is 14.2 Å². The maximum absolute atomic E-state index is 12.0. The van der Waals surface area contributed by atoms with Gasteiger partial charge in [-0.25, -0.2) is 9.59 Å². The number of esters is 2. The molecule has 0 aliphatic heterocycles. The number of methoxy groups -OCH3 is 2. The van der Waals surface area contributed by atoms with Crippen molar-refractivity contribution in [3.8, 4) is 0 Å². The first-order chi connectivity index (χ1) is 9.10. The minimum atomic E-state index is -0.435. The highest BCUT2D eigenvalue weighted by molar-refractivity contribution is 7.81. The van der Waals surface area contributed by atoms with E-state index in [2.05, 4.69) is 6.92 Å². The van der Waals surface area contributed by atoms with E-state index in [1.54, 1.807) is 10.9 Å². The number of ether oxygens (including phenoxy) is 2. The molecule has 0 amide bonds. The summed E-state index contributed by atoms with van der Waals surface area (Å²) in [6, 6.07) is 0. The molecule has 0 radical (unpaired) electrons. The first-order valence-corrected chi connectivity index (χ1v) is 8.58. The Bertz CT molecular complexity index is 497. The standard InChI is InChI=1S/C13H17O4PS/c1-7-5-4-6-8(7)11-9(12(14)16-2)10(18-19-11)13(15)17-3/h7-8H,4-6H2,1-3H3. The van der Waals surface area contributed by atoms with Gasteiger partial charge in [-0.05, 0) is 18.3 Å². The fourth-order valence-electron chi connectivity index (χ4n) is 2.63. The van der Waals surface area contributed by atoms with E-state index in [-0.39, 0.29) is 0 Å². The van der Waals surface area contributed by atoms with Crippen LogP contribution in [0.3, 0.4) is 0 Å². The van der Waals surface area contributed by atoms with Crippen LogP contribution in [0.5, 0.6) is 0 Å². The molecule has 0 N–H and O–H groups in total. The monoisotopic (exact) mass is 300 g/mol. The summed E-state index contributed by atoms with van der Waals surface area (Å²) in [6.45, 7) is 2.20. The van der Waals surface area contributed by atoms with Crippen molar-refractivity contribution in [2.24, 2.45) is 5.92 Å². The van der Waals surface area contributed by atoms with Crippen LogP contribution in [-0.4, -0.2) is 26.2 Å². The maximum atomic E-state index is 12.0. The van der Waals surface area contributed by atoms with Gasteiger partial charge in [0.25, 0.3) is 0 Å². The minimum Gasteiger partial charge on any atom is -0.465 e. The molecule has 1 saturated carbocycles. The van der Waals surface area contributed by atoms with E-state index in [1.165, 1.54) is 27.1 Å². The Morgan fingerprint density at radius 1 is 1.21 bits per heavy atom. The zero-order valence-electron chi connectivity index (χ0n) is 11.3. The number of carbonyl (C=O) groups is 2. The molecule has 4 nitrogen and oxygen atoms in total. The summed E-state index contributed by atoms with van der Waals surface area (Å²) < 4.78 is 9.60. The molecule has 0 spiro atoms. The fraction of sp³-hybridized carbons (Fsp3) is 0.615.